The Morgan fingerprint density at radius 1 is 1.17 bits per heavy atom. The van der Waals surface area contributed by atoms with E-state index in [9.17, 15) is 4.57 Å². The van der Waals surface area contributed by atoms with Gasteiger partial charge in [0.1, 0.15) is 0 Å². The van der Waals surface area contributed by atoms with E-state index >= 15 is 0 Å². The van der Waals surface area contributed by atoms with Gasteiger partial charge in [-0.2, -0.15) is 0 Å². The standard InChI is InChI=1S/C7H16O3P.Li/c1-6(2)9-11(5,8)10-7(3)4;/h6-7H,5H2,1-4H3;. The van der Waals surface area contributed by atoms with Crippen molar-refractivity contribution in [2.45, 2.75) is 39.9 Å². The fourth-order valence-corrected chi connectivity index (χ4v) is 2.45. The molecule has 0 saturated carbocycles. The third-order valence-corrected chi connectivity index (χ3v) is 3.39. The number of hydrogen-bond acceptors (Lipinski definition) is 3. The molecule has 0 unspecified atom stereocenters. The topological polar surface area (TPSA) is 35.5 Å². The molecule has 0 bridgehead atoms. The summed E-state index contributed by atoms with van der Waals surface area (Å²) < 4.78 is 22.2. The van der Waals surface area contributed by atoms with E-state index in [0.717, 1.165) is 0 Å². The maximum atomic E-state index is 11.8. The first-order valence-corrected chi connectivity index (χ1v) is 6.08. The quantitative estimate of drug-likeness (QED) is 0.487. The average Bonchev–Trinajstić information content (AvgIpc) is 1.83. The summed E-state index contributed by atoms with van der Waals surface area (Å²) in [5, 5.41) is 0. The Labute approximate surface area is 83.9 Å². The summed E-state index contributed by atoms with van der Waals surface area (Å²) in [6.07, 6.45) is -0.0935. The van der Waals surface area contributed by atoms with Gasteiger partial charge in [-0.1, -0.05) is 0 Å². The zero-order valence-electron chi connectivity index (χ0n) is 8.53. The fraction of sp³-hybridized carbons (Fsp3) is 1.00. The van der Waals surface area contributed by atoms with Crippen LogP contribution in [0.2, 0.25) is 0 Å². The molecule has 0 fully saturated rings. The van der Waals surface area contributed by atoms with Crippen LogP contribution in [0, 0.1) is 0 Å². The monoisotopic (exact) mass is 186 g/mol. The summed E-state index contributed by atoms with van der Waals surface area (Å²) in [4.78, 5) is 0.434. The molecule has 0 aliphatic heterocycles. The molecule has 5 heteroatoms. The van der Waals surface area contributed by atoms with Crippen LogP contribution in [0.3, 0.4) is 0 Å². The normalized spacial score (nSPS) is 13.0. The van der Waals surface area contributed by atoms with Gasteiger partial charge in [0.25, 0.3) is 0 Å². The molecule has 0 saturated heterocycles. The van der Waals surface area contributed by atoms with E-state index in [1.807, 2.05) is 45.4 Å². The van der Waals surface area contributed by atoms with E-state index in [2.05, 4.69) is 0 Å². The summed E-state index contributed by atoms with van der Waals surface area (Å²) in [6, 6.07) is 0. The Kier molecular flexibility index (Phi) is 5.81. The first kappa shape index (κ1) is 12.7. The van der Waals surface area contributed by atoms with Crippen LogP contribution >= 0.6 is 7.60 Å². The average molecular weight is 186 g/mol. The molecule has 0 spiro atoms. The Balaban J connectivity index is 4.15. The van der Waals surface area contributed by atoms with E-state index < -0.39 is 7.60 Å². The van der Waals surface area contributed by atoms with Crippen molar-refractivity contribution >= 4 is 25.3 Å². The van der Waals surface area contributed by atoms with Gasteiger partial charge in [0.05, 0.1) is 0 Å². The second-order valence-corrected chi connectivity index (χ2v) is 5.51. The Bertz CT molecular complexity index is 156. The van der Waals surface area contributed by atoms with Gasteiger partial charge in [0, 0.05) is 0 Å². The Morgan fingerprint density at radius 2 is 1.50 bits per heavy atom. The maximum absolute atomic E-state index is 11.8. The van der Waals surface area contributed by atoms with E-state index in [0.29, 0.717) is 4.83 Å². The van der Waals surface area contributed by atoms with E-state index in [4.69, 9.17) is 9.05 Å². The molecule has 0 aromatic heterocycles. The van der Waals surface area contributed by atoms with Crippen LogP contribution < -0.4 is 0 Å². The molecule has 0 N–H and O–H groups in total. The van der Waals surface area contributed by atoms with Crippen LogP contribution in [-0.2, 0) is 13.6 Å². The third kappa shape index (κ3) is 5.40. The van der Waals surface area contributed by atoms with Gasteiger partial charge in [-0.25, -0.2) is 0 Å². The summed E-state index contributed by atoms with van der Waals surface area (Å²) in [7, 11) is -2.81. The third-order valence-electron chi connectivity index (χ3n) is 1.13. The van der Waals surface area contributed by atoms with Crippen LogP contribution in [0.1, 0.15) is 27.7 Å². The summed E-state index contributed by atoms with van der Waals surface area (Å²) >= 11 is 1.81. The predicted octanol–water partition coefficient (Wildman–Crippen LogP) is 2.16. The molecule has 0 aliphatic carbocycles. The fourth-order valence-electron chi connectivity index (χ4n) is 0.816. The molecule has 68 valence electrons. The minimum atomic E-state index is -2.81. The van der Waals surface area contributed by atoms with E-state index in [-0.39, 0.29) is 12.2 Å². The van der Waals surface area contributed by atoms with Gasteiger partial charge in [0.2, 0.25) is 0 Å². The second-order valence-electron chi connectivity index (χ2n) is 3.24. The molecule has 0 atom stereocenters. The van der Waals surface area contributed by atoms with Crippen molar-refractivity contribution in [2.75, 3.05) is 4.83 Å². The zero-order valence-corrected chi connectivity index (χ0v) is 9.43. The minimum absolute atomic E-state index is 0.0467. The summed E-state index contributed by atoms with van der Waals surface area (Å²) in [5.41, 5.74) is 0. The van der Waals surface area contributed by atoms with Gasteiger partial charge in [-0.15, -0.1) is 0 Å². The number of hydrogen-bond donors (Lipinski definition) is 0. The molecule has 0 radical (unpaired) electrons. The molecule has 0 amide bonds. The van der Waals surface area contributed by atoms with Crippen LogP contribution in [0.15, 0.2) is 0 Å². The van der Waals surface area contributed by atoms with Crippen LogP contribution in [0.25, 0.3) is 0 Å². The molecule has 12 heavy (non-hydrogen) atoms. The molecule has 0 heterocycles. The van der Waals surface area contributed by atoms with Crippen molar-refractivity contribution < 1.29 is 13.6 Å². The van der Waals surface area contributed by atoms with E-state index in [1.54, 1.807) is 0 Å². The van der Waals surface area contributed by atoms with Crippen molar-refractivity contribution in [1.29, 1.82) is 0 Å². The molecular formula is C7H16LiO3P. The van der Waals surface area contributed by atoms with Gasteiger partial charge >= 0.3 is 83.7 Å². The van der Waals surface area contributed by atoms with Gasteiger partial charge in [-0.05, 0) is 0 Å². The van der Waals surface area contributed by atoms with Gasteiger partial charge in [0.15, 0.2) is 0 Å². The molecule has 0 aromatic rings. The van der Waals surface area contributed by atoms with Crippen molar-refractivity contribution in [1.82, 2.24) is 0 Å². The molecule has 3 nitrogen and oxygen atoms in total. The van der Waals surface area contributed by atoms with Crippen molar-refractivity contribution in [2.24, 2.45) is 0 Å². The van der Waals surface area contributed by atoms with Crippen molar-refractivity contribution in [3.8, 4) is 0 Å². The second kappa shape index (κ2) is 5.47. The number of rotatable bonds is 5. The SMILES string of the molecule is [Li][CH2]P(=O)(OC(C)C)OC(C)C. The zero-order chi connectivity index (χ0) is 9.78. The van der Waals surface area contributed by atoms with Crippen LogP contribution in [0.4, 0.5) is 0 Å². The Morgan fingerprint density at radius 3 is 1.67 bits per heavy atom. The van der Waals surface area contributed by atoms with Crippen LogP contribution in [0.5, 0.6) is 0 Å². The predicted molar refractivity (Wildman–Crippen MR) is 50.7 cm³/mol. The van der Waals surface area contributed by atoms with Gasteiger partial charge in [-0.3, -0.25) is 0 Å². The van der Waals surface area contributed by atoms with Crippen LogP contribution in [-0.4, -0.2) is 34.8 Å². The molecular weight excluding hydrogens is 170 g/mol. The van der Waals surface area contributed by atoms with E-state index in [1.165, 1.54) is 0 Å². The summed E-state index contributed by atoms with van der Waals surface area (Å²) in [5.74, 6) is 0. The first-order valence-electron chi connectivity index (χ1n) is 4.35. The van der Waals surface area contributed by atoms with Gasteiger partial charge < -0.3 is 0 Å². The molecule has 0 aromatic carbocycles. The molecule has 0 rings (SSSR count). The summed E-state index contributed by atoms with van der Waals surface area (Å²) in [6.45, 7) is 7.41. The first-order chi connectivity index (χ1) is 5.39. The van der Waals surface area contributed by atoms with Crippen molar-refractivity contribution in [3.05, 3.63) is 0 Å². The Hall–Kier alpha value is 0.747. The molecule has 0 aliphatic rings. The van der Waals surface area contributed by atoms with Crippen molar-refractivity contribution in [3.63, 3.8) is 0 Å².